The molecule has 0 spiro atoms. The van der Waals surface area contributed by atoms with Gasteiger partial charge in [0.15, 0.2) is 5.17 Å². The first kappa shape index (κ1) is 14.3. The smallest absolute Gasteiger partial charge is 0.264 e. The van der Waals surface area contributed by atoms with Crippen LogP contribution in [0.15, 0.2) is 58.4 Å². The molecule has 0 aromatic heterocycles. The Kier molecular flexibility index (Phi) is 3.93. The van der Waals surface area contributed by atoms with E-state index < -0.39 is 0 Å². The average Bonchev–Trinajstić information content (AvgIpc) is 2.81. The Labute approximate surface area is 130 Å². The summed E-state index contributed by atoms with van der Waals surface area (Å²) in [4.78, 5) is 16.6. The molecule has 1 aliphatic heterocycles. The lowest BCUT2D eigenvalue weighted by molar-refractivity contribution is -0.115. The van der Waals surface area contributed by atoms with E-state index in [2.05, 4.69) is 10.3 Å². The van der Waals surface area contributed by atoms with E-state index in [1.54, 1.807) is 30.3 Å². The predicted molar refractivity (Wildman–Crippen MR) is 85.3 cm³/mol. The van der Waals surface area contributed by atoms with Crippen molar-refractivity contribution >= 4 is 34.6 Å². The van der Waals surface area contributed by atoms with Crippen LogP contribution in [0.25, 0.3) is 6.08 Å². The van der Waals surface area contributed by atoms with E-state index in [4.69, 9.17) is 0 Å². The minimum atomic E-state index is -0.337. The maximum absolute atomic E-state index is 12.8. The minimum absolute atomic E-state index is 0.137. The molecule has 0 atom stereocenters. The van der Waals surface area contributed by atoms with Crippen molar-refractivity contribution in [3.8, 4) is 5.75 Å². The lowest BCUT2D eigenvalue weighted by Gasteiger charge is -1.96. The van der Waals surface area contributed by atoms with E-state index in [9.17, 15) is 14.3 Å². The Bertz CT molecular complexity index is 785. The second-order valence-electron chi connectivity index (χ2n) is 4.55. The maximum atomic E-state index is 12.8. The molecule has 0 bridgehead atoms. The van der Waals surface area contributed by atoms with E-state index >= 15 is 0 Å². The van der Waals surface area contributed by atoms with Crippen molar-refractivity contribution in [3.05, 3.63) is 64.8 Å². The number of carbonyl (C=O) groups is 1. The van der Waals surface area contributed by atoms with Crippen LogP contribution in [0.3, 0.4) is 0 Å². The van der Waals surface area contributed by atoms with E-state index in [0.29, 0.717) is 15.8 Å². The number of hydrogen-bond acceptors (Lipinski definition) is 4. The van der Waals surface area contributed by atoms with Gasteiger partial charge in [0.2, 0.25) is 0 Å². The summed E-state index contributed by atoms with van der Waals surface area (Å²) in [6, 6.07) is 12.3. The summed E-state index contributed by atoms with van der Waals surface area (Å²) in [5.74, 6) is -0.455. The molecule has 3 rings (SSSR count). The van der Waals surface area contributed by atoms with Crippen molar-refractivity contribution in [2.75, 3.05) is 0 Å². The van der Waals surface area contributed by atoms with Crippen LogP contribution in [0.1, 0.15) is 5.56 Å². The Hall–Kier alpha value is -2.60. The fourth-order valence-corrected chi connectivity index (χ4v) is 2.72. The van der Waals surface area contributed by atoms with Crippen LogP contribution in [0, 0.1) is 5.82 Å². The number of nitrogens with one attached hydrogen (secondary N) is 1. The lowest BCUT2D eigenvalue weighted by atomic mass is 10.2. The van der Waals surface area contributed by atoms with Gasteiger partial charge in [0.05, 0.1) is 10.6 Å². The largest absolute Gasteiger partial charge is 0.508 e. The highest BCUT2D eigenvalue weighted by Gasteiger charge is 2.23. The Morgan fingerprint density at radius 3 is 2.68 bits per heavy atom. The van der Waals surface area contributed by atoms with Crippen molar-refractivity contribution in [1.82, 2.24) is 5.32 Å². The molecule has 2 N–H and O–H groups in total. The number of carbonyl (C=O) groups excluding carboxylic acids is 1. The summed E-state index contributed by atoms with van der Waals surface area (Å²) in [5, 5.41) is 12.5. The second-order valence-corrected chi connectivity index (χ2v) is 5.58. The summed E-state index contributed by atoms with van der Waals surface area (Å²) < 4.78 is 12.8. The van der Waals surface area contributed by atoms with Gasteiger partial charge in [-0.05, 0) is 59.8 Å². The quantitative estimate of drug-likeness (QED) is 0.835. The summed E-state index contributed by atoms with van der Waals surface area (Å²) in [6.45, 7) is 0. The molecule has 1 saturated heterocycles. The minimum Gasteiger partial charge on any atom is -0.508 e. The average molecular weight is 314 g/mol. The first-order chi connectivity index (χ1) is 10.6. The number of amidine groups is 1. The van der Waals surface area contributed by atoms with Gasteiger partial charge >= 0.3 is 0 Å². The van der Waals surface area contributed by atoms with Crippen LogP contribution in [0.2, 0.25) is 0 Å². The number of hydrogen-bond donors (Lipinski definition) is 2. The van der Waals surface area contributed by atoms with Crippen LogP contribution in [-0.4, -0.2) is 16.2 Å². The van der Waals surface area contributed by atoms with Crippen LogP contribution in [-0.2, 0) is 4.79 Å². The van der Waals surface area contributed by atoms with Crippen molar-refractivity contribution in [2.45, 2.75) is 0 Å². The number of aromatic hydroxyl groups is 1. The van der Waals surface area contributed by atoms with Gasteiger partial charge in [-0.15, -0.1) is 0 Å². The molecule has 1 heterocycles. The third-order valence-corrected chi connectivity index (χ3v) is 3.79. The number of halogens is 1. The Balaban J connectivity index is 1.82. The molecule has 2 aromatic rings. The molecule has 1 fully saturated rings. The standard InChI is InChI=1S/C16H11FN2O2S/c17-11-4-6-12(7-5-11)18-16-19-15(21)14(22-16)9-10-2-1-3-13(20)8-10/h1-9,20H,(H,18,19,21)/b14-9-. The maximum Gasteiger partial charge on any atom is 0.264 e. The first-order valence-corrected chi connectivity index (χ1v) is 7.26. The molecule has 4 nitrogen and oxygen atoms in total. The molecule has 0 saturated carbocycles. The third-order valence-electron chi connectivity index (χ3n) is 2.88. The highest BCUT2D eigenvalue weighted by atomic mass is 32.2. The number of aliphatic imine (C=N–C) groups is 1. The highest BCUT2D eigenvalue weighted by molar-refractivity contribution is 8.18. The van der Waals surface area contributed by atoms with Gasteiger partial charge < -0.3 is 10.4 Å². The molecular weight excluding hydrogens is 303 g/mol. The molecule has 1 amide bonds. The molecule has 110 valence electrons. The normalized spacial score (nSPS) is 18.0. The number of nitrogens with zero attached hydrogens (tertiary/aromatic N) is 1. The van der Waals surface area contributed by atoms with Gasteiger partial charge in [-0.3, -0.25) is 4.79 Å². The number of amides is 1. The monoisotopic (exact) mass is 314 g/mol. The Morgan fingerprint density at radius 1 is 1.18 bits per heavy atom. The molecule has 0 aliphatic carbocycles. The molecular formula is C16H11FN2O2S. The number of phenolic OH excluding ortho intramolecular Hbond substituents is 1. The van der Waals surface area contributed by atoms with E-state index in [1.807, 2.05) is 0 Å². The predicted octanol–water partition coefficient (Wildman–Crippen LogP) is 3.42. The first-order valence-electron chi connectivity index (χ1n) is 6.44. The zero-order valence-electron chi connectivity index (χ0n) is 11.3. The van der Waals surface area contributed by atoms with Gasteiger partial charge in [-0.25, -0.2) is 9.38 Å². The zero-order valence-corrected chi connectivity index (χ0v) is 12.1. The lowest BCUT2D eigenvalue weighted by Crippen LogP contribution is -2.19. The fourth-order valence-electron chi connectivity index (χ4n) is 1.88. The number of thioether (sulfide) groups is 1. The van der Waals surface area contributed by atoms with Crippen LogP contribution >= 0.6 is 11.8 Å². The molecule has 6 heteroatoms. The van der Waals surface area contributed by atoms with E-state index in [-0.39, 0.29) is 17.5 Å². The fraction of sp³-hybridized carbons (Fsp3) is 0. The van der Waals surface area contributed by atoms with Gasteiger partial charge in [-0.1, -0.05) is 12.1 Å². The number of benzene rings is 2. The number of rotatable bonds is 2. The van der Waals surface area contributed by atoms with Crippen LogP contribution in [0.5, 0.6) is 5.75 Å². The zero-order chi connectivity index (χ0) is 15.5. The SMILES string of the molecule is O=C1NC(=Nc2ccc(F)cc2)S/C1=C\c1cccc(O)c1. The van der Waals surface area contributed by atoms with Crippen molar-refractivity contribution in [2.24, 2.45) is 4.99 Å². The molecule has 1 aliphatic rings. The summed E-state index contributed by atoms with van der Waals surface area (Å²) in [5.41, 5.74) is 1.28. The molecule has 0 radical (unpaired) electrons. The van der Waals surface area contributed by atoms with Crippen molar-refractivity contribution in [3.63, 3.8) is 0 Å². The van der Waals surface area contributed by atoms with Gasteiger partial charge in [0, 0.05) is 0 Å². The van der Waals surface area contributed by atoms with Crippen molar-refractivity contribution in [1.29, 1.82) is 0 Å². The summed E-state index contributed by atoms with van der Waals surface area (Å²) >= 11 is 1.19. The van der Waals surface area contributed by atoms with E-state index in [0.717, 1.165) is 5.56 Å². The van der Waals surface area contributed by atoms with Gasteiger partial charge in [0.1, 0.15) is 11.6 Å². The van der Waals surface area contributed by atoms with Crippen LogP contribution in [0.4, 0.5) is 10.1 Å². The van der Waals surface area contributed by atoms with Crippen LogP contribution < -0.4 is 5.32 Å². The Morgan fingerprint density at radius 2 is 1.95 bits per heavy atom. The molecule has 2 aromatic carbocycles. The summed E-state index contributed by atoms with van der Waals surface area (Å²) in [7, 11) is 0. The van der Waals surface area contributed by atoms with Crippen molar-refractivity contribution < 1.29 is 14.3 Å². The third kappa shape index (κ3) is 3.35. The molecule has 22 heavy (non-hydrogen) atoms. The number of phenols is 1. The highest BCUT2D eigenvalue weighted by Crippen LogP contribution is 2.28. The topological polar surface area (TPSA) is 61.7 Å². The van der Waals surface area contributed by atoms with Gasteiger partial charge in [-0.2, -0.15) is 0 Å². The molecule has 0 unspecified atom stereocenters. The summed E-state index contributed by atoms with van der Waals surface area (Å²) in [6.07, 6.45) is 1.67. The van der Waals surface area contributed by atoms with E-state index in [1.165, 1.54) is 36.0 Å². The van der Waals surface area contributed by atoms with Gasteiger partial charge in [0.25, 0.3) is 5.91 Å². The second kappa shape index (κ2) is 6.03.